The molecule has 0 fully saturated rings. The average molecular weight is 289 g/mol. The Kier molecular flexibility index (Phi) is 3.36. The van der Waals surface area contributed by atoms with Gasteiger partial charge in [0, 0.05) is 16.7 Å². The highest BCUT2D eigenvalue weighted by atomic mass is 35.5. The van der Waals surface area contributed by atoms with E-state index in [0.29, 0.717) is 28.7 Å². The van der Waals surface area contributed by atoms with Crippen LogP contribution in [0.4, 0.5) is 0 Å². The van der Waals surface area contributed by atoms with Gasteiger partial charge in [-0.1, -0.05) is 23.7 Å². The Morgan fingerprint density at radius 2 is 2.10 bits per heavy atom. The molecule has 102 valence electrons. The zero-order valence-corrected chi connectivity index (χ0v) is 11.7. The van der Waals surface area contributed by atoms with E-state index in [1.54, 1.807) is 18.2 Å². The summed E-state index contributed by atoms with van der Waals surface area (Å²) >= 11 is 6.16. The fourth-order valence-corrected chi connectivity index (χ4v) is 2.38. The third kappa shape index (κ3) is 2.49. The maximum atomic E-state index is 11.4. The van der Waals surface area contributed by atoms with Crippen molar-refractivity contribution < 1.29 is 14.3 Å². The summed E-state index contributed by atoms with van der Waals surface area (Å²) in [5.41, 5.74) is 2.66. The minimum atomic E-state index is 0.00753. The first-order valence-electron chi connectivity index (χ1n) is 6.31. The number of rotatable bonds is 3. The molecule has 1 aliphatic heterocycles. The summed E-state index contributed by atoms with van der Waals surface area (Å²) in [6.45, 7) is 2.49. The van der Waals surface area contributed by atoms with Crippen molar-refractivity contribution in [3.8, 4) is 11.5 Å². The van der Waals surface area contributed by atoms with E-state index in [2.05, 4.69) is 0 Å². The van der Waals surface area contributed by atoms with Crippen LogP contribution >= 0.6 is 11.6 Å². The van der Waals surface area contributed by atoms with Crippen molar-refractivity contribution in [2.45, 2.75) is 13.5 Å². The maximum absolute atomic E-state index is 11.4. The van der Waals surface area contributed by atoms with Crippen molar-refractivity contribution in [1.82, 2.24) is 0 Å². The number of Topliss-reactive ketones (excluding diaryl/α,β-unsaturated/α-hetero) is 1. The van der Waals surface area contributed by atoms with Gasteiger partial charge in [0.25, 0.3) is 0 Å². The molecule has 0 N–H and O–H groups in total. The lowest BCUT2D eigenvalue weighted by Gasteiger charge is -2.09. The Hall–Kier alpha value is -2.00. The summed E-state index contributed by atoms with van der Waals surface area (Å²) in [5, 5.41) is 0.692. The largest absolute Gasteiger partial charge is 0.489 e. The minimum absolute atomic E-state index is 0.00753. The fourth-order valence-electron chi connectivity index (χ4n) is 2.09. The quantitative estimate of drug-likeness (QED) is 0.862. The summed E-state index contributed by atoms with van der Waals surface area (Å²) in [6, 6.07) is 11.1. The number of ketones is 1. The van der Waals surface area contributed by atoms with Gasteiger partial charge in [0.05, 0.1) is 5.56 Å². The lowest BCUT2D eigenvalue weighted by atomic mass is 10.1. The fraction of sp³-hybridized carbons (Fsp3) is 0.188. The Morgan fingerprint density at radius 3 is 2.90 bits per heavy atom. The van der Waals surface area contributed by atoms with Gasteiger partial charge in [-0.3, -0.25) is 4.79 Å². The van der Waals surface area contributed by atoms with Crippen LogP contribution in [0.3, 0.4) is 0 Å². The van der Waals surface area contributed by atoms with Gasteiger partial charge >= 0.3 is 0 Å². The van der Waals surface area contributed by atoms with Crippen LogP contribution in [0.25, 0.3) is 0 Å². The lowest BCUT2D eigenvalue weighted by molar-refractivity contribution is 0.0961. The van der Waals surface area contributed by atoms with Crippen molar-refractivity contribution in [2.24, 2.45) is 0 Å². The van der Waals surface area contributed by atoms with E-state index in [9.17, 15) is 4.79 Å². The first-order valence-corrected chi connectivity index (χ1v) is 6.69. The SMILES string of the molecule is Cc1ccc(COc2ccc3c(c2)OCC3=O)c(Cl)c1. The highest BCUT2D eigenvalue weighted by molar-refractivity contribution is 6.31. The van der Waals surface area contributed by atoms with E-state index >= 15 is 0 Å². The number of carbonyl (C=O) groups excluding carboxylic acids is 1. The van der Waals surface area contributed by atoms with Gasteiger partial charge in [-0.25, -0.2) is 0 Å². The van der Waals surface area contributed by atoms with Crippen molar-refractivity contribution in [1.29, 1.82) is 0 Å². The number of halogens is 1. The van der Waals surface area contributed by atoms with Gasteiger partial charge in [-0.15, -0.1) is 0 Å². The van der Waals surface area contributed by atoms with Crippen LogP contribution in [-0.4, -0.2) is 12.4 Å². The molecule has 1 heterocycles. The smallest absolute Gasteiger partial charge is 0.203 e. The van der Waals surface area contributed by atoms with E-state index in [0.717, 1.165) is 11.1 Å². The van der Waals surface area contributed by atoms with E-state index in [1.165, 1.54) is 0 Å². The molecule has 20 heavy (non-hydrogen) atoms. The van der Waals surface area contributed by atoms with E-state index < -0.39 is 0 Å². The molecule has 3 rings (SSSR count). The van der Waals surface area contributed by atoms with Gasteiger partial charge in [-0.2, -0.15) is 0 Å². The zero-order valence-electron chi connectivity index (χ0n) is 11.0. The highest BCUT2D eigenvalue weighted by Gasteiger charge is 2.21. The van der Waals surface area contributed by atoms with Crippen LogP contribution in [0.1, 0.15) is 21.5 Å². The number of hydrogen-bond acceptors (Lipinski definition) is 3. The van der Waals surface area contributed by atoms with Crippen LogP contribution in [-0.2, 0) is 6.61 Å². The van der Waals surface area contributed by atoms with E-state index in [4.69, 9.17) is 21.1 Å². The summed E-state index contributed by atoms with van der Waals surface area (Å²) in [4.78, 5) is 11.4. The molecule has 3 nitrogen and oxygen atoms in total. The van der Waals surface area contributed by atoms with Crippen molar-refractivity contribution in [3.63, 3.8) is 0 Å². The molecular weight excluding hydrogens is 276 g/mol. The molecular formula is C16H13ClO3. The normalized spacial score (nSPS) is 13.0. The summed E-state index contributed by atoms with van der Waals surface area (Å²) in [5.74, 6) is 1.26. The topological polar surface area (TPSA) is 35.5 Å². The number of fused-ring (bicyclic) bond motifs is 1. The molecule has 0 atom stereocenters. The van der Waals surface area contributed by atoms with Gasteiger partial charge in [-0.05, 0) is 30.7 Å². The molecule has 0 aliphatic carbocycles. The first-order chi connectivity index (χ1) is 9.63. The number of ether oxygens (including phenoxy) is 2. The number of benzene rings is 2. The monoisotopic (exact) mass is 288 g/mol. The number of hydrogen-bond donors (Lipinski definition) is 0. The molecule has 0 spiro atoms. The van der Waals surface area contributed by atoms with Crippen molar-refractivity contribution >= 4 is 17.4 Å². The second-order valence-corrected chi connectivity index (χ2v) is 5.16. The Morgan fingerprint density at radius 1 is 1.25 bits per heavy atom. The third-order valence-electron chi connectivity index (χ3n) is 3.22. The molecule has 0 unspecified atom stereocenters. The molecule has 0 amide bonds. The van der Waals surface area contributed by atoms with Gasteiger partial charge in [0.15, 0.2) is 6.61 Å². The Balaban J connectivity index is 1.74. The van der Waals surface area contributed by atoms with Crippen LogP contribution in [0.15, 0.2) is 36.4 Å². The number of carbonyl (C=O) groups is 1. The summed E-state index contributed by atoms with van der Waals surface area (Å²) in [7, 11) is 0. The first kappa shape index (κ1) is 13.0. The summed E-state index contributed by atoms with van der Waals surface area (Å²) < 4.78 is 11.0. The predicted octanol–water partition coefficient (Wildman–Crippen LogP) is 3.80. The van der Waals surface area contributed by atoms with Crippen LogP contribution < -0.4 is 9.47 Å². The van der Waals surface area contributed by atoms with Crippen LogP contribution in [0.2, 0.25) is 5.02 Å². The van der Waals surface area contributed by atoms with Crippen LogP contribution in [0, 0.1) is 6.92 Å². The van der Waals surface area contributed by atoms with Crippen molar-refractivity contribution in [3.05, 3.63) is 58.1 Å². The Bertz CT molecular complexity index is 679. The Labute approximate surface area is 122 Å². The predicted molar refractivity (Wildman–Crippen MR) is 76.8 cm³/mol. The van der Waals surface area contributed by atoms with Crippen molar-refractivity contribution in [2.75, 3.05) is 6.61 Å². The minimum Gasteiger partial charge on any atom is -0.489 e. The summed E-state index contributed by atoms with van der Waals surface area (Å²) in [6.07, 6.45) is 0. The molecule has 1 aliphatic rings. The molecule has 0 bridgehead atoms. The van der Waals surface area contributed by atoms with Gasteiger partial charge in [0.1, 0.15) is 18.1 Å². The molecule has 0 saturated carbocycles. The molecule has 2 aromatic carbocycles. The lowest BCUT2D eigenvalue weighted by Crippen LogP contribution is -1.98. The van der Waals surface area contributed by atoms with E-state index in [-0.39, 0.29) is 12.4 Å². The van der Waals surface area contributed by atoms with Gasteiger partial charge in [0.2, 0.25) is 5.78 Å². The number of aryl methyl sites for hydroxylation is 1. The highest BCUT2D eigenvalue weighted by Crippen LogP contribution is 2.30. The third-order valence-corrected chi connectivity index (χ3v) is 3.57. The molecule has 0 saturated heterocycles. The zero-order chi connectivity index (χ0) is 14.1. The van der Waals surface area contributed by atoms with Crippen LogP contribution in [0.5, 0.6) is 11.5 Å². The molecule has 4 heteroatoms. The second-order valence-electron chi connectivity index (χ2n) is 4.75. The molecule has 0 radical (unpaired) electrons. The average Bonchev–Trinajstić information content (AvgIpc) is 2.79. The molecule has 2 aromatic rings. The van der Waals surface area contributed by atoms with Gasteiger partial charge < -0.3 is 9.47 Å². The maximum Gasteiger partial charge on any atom is 0.203 e. The second kappa shape index (κ2) is 5.17. The standard InChI is InChI=1S/C16H13ClO3/c1-10-2-3-11(14(17)6-10)8-19-12-4-5-13-15(18)9-20-16(13)7-12/h2-7H,8-9H2,1H3. The van der Waals surface area contributed by atoms with E-state index in [1.807, 2.05) is 25.1 Å². The molecule has 0 aromatic heterocycles.